The topological polar surface area (TPSA) is 40.5 Å². The second-order valence-corrected chi connectivity index (χ2v) is 5.71. The van der Waals surface area contributed by atoms with E-state index in [2.05, 4.69) is 20.8 Å². The molecule has 0 spiro atoms. The van der Waals surface area contributed by atoms with Gasteiger partial charge in [-0.1, -0.05) is 0 Å². The predicted octanol–water partition coefficient (Wildman–Crippen LogP) is 2.86. The smallest absolute Gasteiger partial charge is 0.159 e. The average Bonchev–Trinajstić information content (AvgIpc) is 2.38. The summed E-state index contributed by atoms with van der Waals surface area (Å²) in [6.45, 7) is 3.72. The van der Waals surface area contributed by atoms with Crippen molar-refractivity contribution in [1.29, 1.82) is 0 Å². The molecular weight excluding hydrogens is 294 g/mol. The van der Waals surface area contributed by atoms with E-state index in [9.17, 15) is 9.90 Å². The van der Waals surface area contributed by atoms with Gasteiger partial charge in [0.25, 0.3) is 0 Å². The summed E-state index contributed by atoms with van der Waals surface area (Å²) in [5, 5.41) is 9.26. The number of halogens is 1. The van der Waals surface area contributed by atoms with E-state index in [1.54, 1.807) is 6.92 Å². The number of ketones is 1. The zero-order chi connectivity index (χ0) is 13.1. The van der Waals surface area contributed by atoms with Crippen LogP contribution in [0.4, 0.5) is 5.69 Å². The molecule has 1 unspecified atom stereocenters. The summed E-state index contributed by atoms with van der Waals surface area (Å²) in [5.74, 6) is 0.437. The van der Waals surface area contributed by atoms with Gasteiger partial charge in [0.1, 0.15) is 0 Å². The number of Topliss-reactive ketones (excluding diaryl/α,β-unsaturated/α-hetero) is 1. The second kappa shape index (κ2) is 5.85. The van der Waals surface area contributed by atoms with Gasteiger partial charge >= 0.3 is 0 Å². The van der Waals surface area contributed by atoms with Crippen LogP contribution < -0.4 is 4.90 Å². The zero-order valence-electron chi connectivity index (χ0n) is 10.5. The number of aliphatic hydroxyl groups excluding tert-OH is 1. The summed E-state index contributed by atoms with van der Waals surface area (Å²) in [6, 6.07) is 5.73. The highest BCUT2D eigenvalue weighted by Crippen LogP contribution is 2.30. The predicted molar refractivity (Wildman–Crippen MR) is 76.2 cm³/mol. The normalized spacial score (nSPS) is 19.9. The number of hydrogen-bond acceptors (Lipinski definition) is 3. The van der Waals surface area contributed by atoms with Gasteiger partial charge in [-0.05, 0) is 59.8 Å². The van der Waals surface area contributed by atoms with Gasteiger partial charge < -0.3 is 10.0 Å². The van der Waals surface area contributed by atoms with Crippen LogP contribution in [0.25, 0.3) is 0 Å². The Hall–Kier alpha value is -0.870. The van der Waals surface area contributed by atoms with Crippen molar-refractivity contribution in [3.8, 4) is 0 Å². The number of carbonyl (C=O) groups excluding carboxylic acids is 1. The standard InChI is InChI=1S/C14H18BrNO2/c1-10(18)12-4-5-14(13(15)7-12)16-6-2-3-11(8-16)9-17/h4-5,7,11,17H,2-3,6,8-9H2,1H3. The van der Waals surface area contributed by atoms with Crippen molar-refractivity contribution in [1.82, 2.24) is 0 Å². The third-order valence-electron chi connectivity index (χ3n) is 3.47. The van der Waals surface area contributed by atoms with Gasteiger partial charge in [0.05, 0.1) is 5.69 Å². The average molecular weight is 312 g/mol. The molecule has 0 radical (unpaired) electrons. The molecule has 1 heterocycles. The molecule has 1 fully saturated rings. The molecule has 0 amide bonds. The molecule has 0 aromatic heterocycles. The molecular formula is C14H18BrNO2. The van der Waals surface area contributed by atoms with Gasteiger partial charge in [-0.2, -0.15) is 0 Å². The Balaban J connectivity index is 2.20. The highest BCUT2D eigenvalue weighted by molar-refractivity contribution is 9.10. The molecule has 0 bridgehead atoms. The summed E-state index contributed by atoms with van der Waals surface area (Å²) < 4.78 is 0.953. The largest absolute Gasteiger partial charge is 0.396 e. The summed E-state index contributed by atoms with van der Waals surface area (Å²) in [5.41, 5.74) is 1.83. The molecule has 1 atom stereocenters. The molecule has 1 aliphatic heterocycles. The van der Waals surface area contributed by atoms with Crippen LogP contribution in [0.5, 0.6) is 0 Å². The first-order valence-corrected chi connectivity index (χ1v) is 7.07. The minimum Gasteiger partial charge on any atom is -0.396 e. The van der Waals surface area contributed by atoms with E-state index in [4.69, 9.17) is 0 Å². The lowest BCUT2D eigenvalue weighted by Gasteiger charge is -2.34. The molecule has 0 saturated carbocycles. The van der Waals surface area contributed by atoms with E-state index in [0.717, 1.165) is 41.7 Å². The lowest BCUT2D eigenvalue weighted by atomic mass is 9.98. The van der Waals surface area contributed by atoms with Crippen LogP contribution in [0.2, 0.25) is 0 Å². The Morgan fingerprint density at radius 2 is 2.33 bits per heavy atom. The first-order chi connectivity index (χ1) is 8.61. The third-order valence-corrected chi connectivity index (χ3v) is 4.11. The number of nitrogens with zero attached hydrogens (tertiary/aromatic N) is 1. The van der Waals surface area contributed by atoms with Gasteiger partial charge in [0, 0.05) is 29.7 Å². The Morgan fingerprint density at radius 3 is 2.94 bits per heavy atom. The Morgan fingerprint density at radius 1 is 1.56 bits per heavy atom. The molecule has 1 saturated heterocycles. The van der Waals surface area contributed by atoms with E-state index in [1.165, 1.54) is 0 Å². The number of aliphatic hydroxyl groups is 1. The maximum absolute atomic E-state index is 11.3. The van der Waals surface area contributed by atoms with Gasteiger partial charge in [0.2, 0.25) is 0 Å². The monoisotopic (exact) mass is 311 g/mol. The molecule has 18 heavy (non-hydrogen) atoms. The molecule has 4 heteroatoms. The van der Waals surface area contributed by atoms with Crippen molar-refractivity contribution < 1.29 is 9.90 Å². The van der Waals surface area contributed by atoms with Crippen LogP contribution in [-0.2, 0) is 0 Å². The van der Waals surface area contributed by atoms with E-state index in [-0.39, 0.29) is 12.4 Å². The molecule has 1 aromatic carbocycles. The lowest BCUT2D eigenvalue weighted by Crippen LogP contribution is -2.37. The number of hydrogen-bond donors (Lipinski definition) is 1. The first kappa shape index (κ1) is 13.6. The summed E-state index contributed by atoms with van der Waals surface area (Å²) >= 11 is 3.54. The van der Waals surface area contributed by atoms with Gasteiger partial charge in [-0.25, -0.2) is 0 Å². The van der Waals surface area contributed by atoms with Crippen molar-refractivity contribution in [2.75, 3.05) is 24.6 Å². The minimum atomic E-state index is 0.0779. The van der Waals surface area contributed by atoms with Crippen LogP contribution >= 0.6 is 15.9 Å². The number of rotatable bonds is 3. The maximum Gasteiger partial charge on any atom is 0.159 e. The van der Waals surface area contributed by atoms with E-state index in [1.807, 2.05) is 18.2 Å². The maximum atomic E-state index is 11.3. The fourth-order valence-electron chi connectivity index (χ4n) is 2.42. The Kier molecular flexibility index (Phi) is 4.40. The fourth-order valence-corrected chi connectivity index (χ4v) is 3.04. The number of piperidine rings is 1. The highest BCUT2D eigenvalue weighted by Gasteiger charge is 2.21. The van der Waals surface area contributed by atoms with Crippen molar-refractivity contribution in [3.05, 3.63) is 28.2 Å². The number of carbonyl (C=O) groups is 1. The lowest BCUT2D eigenvalue weighted by molar-refractivity contribution is 0.101. The van der Waals surface area contributed by atoms with Crippen LogP contribution in [-0.4, -0.2) is 30.6 Å². The molecule has 2 rings (SSSR count). The summed E-state index contributed by atoms with van der Waals surface area (Å²) in [7, 11) is 0. The molecule has 98 valence electrons. The van der Waals surface area contributed by atoms with E-state index >= 15 is 0 Å². The van der Waals surface area contributed by atoms with E-state index in [0.29, 0.717) is 5.92 Å². The third kappa shape index (κ3) is 2.93. The van der Waals surface area contributed by atoms with Crippen LogP contribution in [0.3, 0.4) is 0 Å². The van der Waals surface area contributed by atoms with Gasteiger partial charge in [-0.3, -0.25) is 4.79 Å². The SMILES string of the molecule is CC(=O)c1ccc(N2CCCC(CO)C2)c(Br)c1. The molecule has 1 aromatic rings. The zero-order valence-corrected chi connectivity index (χ0v) is 12.1. The van der Waals surface area contributed by atoms with Crippen molar-refractivity contribution in [2.45, 2.75) is 19.8 Å². The van der Waals surface area contributed by atoms with Crippen molar-refractivity contribution in [2.24, 2.45) is 5.92 Å². The minimum absolute atomic E-state index is 0.0779. The second-order valence-electron chi connectivity index (χ2n) is 4.86. The molecule has 0 aliphatic carbocycles. The van der Waals surface area contributed by atoms with Gasteiger partial charge in [0.15, 0.2) is 5.78 Å². The van der Waals surface area contributed by atoms with Crippen molar-refractivity contribution in [3.63, 3.8) is 0 Å². The fraction of sp³-hybridized carbons (Fsp3) is 0.500. The summed E-state index contributed by atoms with van der Waals surface area (Å²) in [4.78, 5) is 13.6. The van der Waals surface area contributed by atoms with Gasteiger partial charge in [-0.15, -0.1) is 0 Å². The first-order valence-electron chi connectivity index (χ1n) is 6.28. The van der Waals surface area contributed by atoms with Crippen LogP contribution in [0.15, 0.2) is 22.7 Å². The number of anilines is 1. The highest BCUT2D eigenvalue weighted by atomic mass is 79.9. The quantitative estimate of drug-likeness (QED) is 0.873. The van der Waals surface area contributed by atoms with Crippen LogP contribution in [0.1, 0.15) is 30.1 Å². The summed E-state index contributed by atoms with van der Waals surface area (Å²) in [6.07, 6.45) is 2.20. The van der Waals surface area contributed by atoms with Crippen LogP contribution in [0, 0.1) is 5.92 Å². The Labute approximate surface area is 116 Å². The van der Waals surface area contributed by atoms with Crippen molar-refractivity contribution >= 4 is 27.4 Å². The number of benzene rings is 1. The van der Waals surface area contributed by atoms with E-state index < -0.39 is 0 Å². The molecule has 3 nitrogen and oxygen atoms in total. The molecule has 1 N–H and O–H groups in total. The Bertz CT molecular complexity index is 447. The molecule has 1 aliphatic rings.